The third-order valence-electron chi connectivity index (χ3n) is 3.34. The summed E-state index contributed by atoms with van der Waals surface area (Å²) in [5.41, 5.74) is 4.50. The Morgan fingerprint density at radius 1 is 0.850 bits per heavy atom. The van der Waals surface area contributed by atoms with Gasteiger partial charge in [-0.1, -0.05) is 12.1 Å². The Hall–Kier alpha value is -1.94. The van der Waals surface area contributed by atoms with Crippen LogP contribution in [0.1, 0.15) is 0 Å². The minimum atomic E-state index is 1.06. The monoisotopic (exact) mass is 284 g/mol. The number of nitrogens with zero attached hydrogens (tertiary/aromatic N) is 3. The first kappa shape index (κ1) is 13.1. The maximum Gasteiger partial charge on any atom is 0.259 e. The molecule has 0 aliphatic heterocycles. The lowest BCUT2D eigenvalue weighted by molar-refractivity contribution is 1.08. The summed E-state index contributed by atoms with van der Waals surface area (Å²) in [6.07, 6.45) is 0. The zero-order valence-corrected chi connectivity index (χ0v) is 13.0. The molecule has 4 heteroatoms. The molecule has 2 aromatic carbocycles. The highest BCUT2D eigenvalue weighted by Gasteiger charge is 2.19. The normalized spacial score (nSPS) is 11.0. The van der Waals surface area contributed by atoms with Gasteiger partial charge in [0.2, 0.25) is 11.3 Å². The van der Waals surface area contributed by atoms with Gasteiger partial charge in [0, 0.05) is 40.3 Å². The van der Waals surface area contributed by atoms with Crippen LogP contribution < -0.4 is 9.80 Å². The summed E-state index contributed by atoms with van der Waals surface area (Å²) < 4.78 is 2.44. The Labute approximate surface area is 123 Å². The second-order valence-electron chi connectivity index (χ2n) is 5.25. The lowest BCUT2D eigenvalue weighted by atomic mass is 10.2. The molecule has 102 valence electrons. The van der Waals surface area contributed by atoms with Crippen molar-refractivity contribution in [2.45, 2.75) is 0 Å². The molecular weight excluding hydrogens is 266 g/mol. The largest absolute Gasteiger partial charge is 0.376 e. The van der Waals surface area contributed by atoms with E-state index in [0.717, 1.165) is 11.0 Å². The van der Waals surface area contributed by atoms with E-state index in [-0.39, 0.29) is 0 Å². The minimum Gasteiger partial charge on any atom is -0.376 e. The summed E-state index contributed by atoms with van der Waals surface area (Å²) in [6.45, 7) is 0. The van der Waals surface area contributed by atoms with Crippen molar-refractivity contribution in [1.82, 2.24) is 4.98 Å². The van der Waals surface area contributed by atoms with Gasteiger partial charge >= 0.3 is 0 Å². The molecule has 1 aromatic heterocycles. The lowest BCUT2D eigenvalue weighted by Crippen LogP contribution is -2.17. The van der Waals surface area contributed by atoms with Gasteiger partial charge in [-0.15, -0.1) is 0 Å². The highest BCUT2D eigenvalue weighted by molar-refractivity contribution is 7.24. The maximum atomic E-state index is 4.88. The maximum absolute atomic E-state index is 4.88. The molecule has 0 unspecified atom stereocenters. The molecule has 0 atom stereocenters. The zero-order valence-electron chi connectivity index (χ0n) is 12.2. The molecule has 3 nitrogen and oxygen atoms in total. The zero-order chi connectivity index (χ0) is 14.3. The van der Waals surface area contributed by atoms with Gasteiger partial charge in [0.25, 0.3) is 9.40 Å². The summed E-state index contributed by atoms with van der Waals surface area (Å²) in [5.74, 6) is 0. The molecule has 0 aliphatic rings. The smallest absolute Gasteiger partial charge is 0.259 e. The first-order valence-corrected chi connectivity index (χ1v) is 7.40. The van der Waals surface area contributed by atoms with E-state index in [4.69, 9.17) is 4.98 Å². The molecule has 0 saturated carbocycles. The van der Waals surface area contributed by atoms with Gasteiger partial charge in [0.15, 0.2) is 5.52 Å². The Morgan fingerprint density at radius 3 is 2.30 bits per heavy atom. The third kappa shape index (κ3) is 2.06. The first-order chi connectivity index (χ1) is 9.58. The van der Waals surface area contributed by atoms with E-state index in [9.17, 15) is 0 Å². The molecule has 0 radical (unpaired) electrons. The number of hydrogen-bond acceptors (Lipinski definition) is 3. The molecule has 20 heavy (non-hydrogen) atoms. The van der Waals surface area contributed by atoms with Gasteiger partial charge in [0.05, 0.1) is 11.4 Å². The predicted octanol–water partition coefficient (Wildman–Crippen LogP) is 3.86. The average Bonchev–Trinajstić information content (AvgIpc) is 2.43. The quantitative estimate of drug-likeness (QED) is 0.526. The van der Waals surface area contributed by atoms with E-state index < -0.39 is 0 Å². The number of fused-ring (bicyclic) bond motifs is 2. The summed E-state index contributed by atoms with van der Waals surface area (Å²) >= 11 is 1.80. The first-order valence-electron chi connectivity index (χ1n) is 6.58. The van der Waals surface area contributed by atoms with Crippen LogP contribution in [0.3, 0.4) is 0 Å². The van der Waals surface area contributed by atoms with Gasteiger partial charge in [-0.3, -0.25) is 0 Å². The van der Waals surface area contributed by atoms with E-state index in [1.165, 1.54) is 20.8 Å². The molecule has 0 N–H and O–H groups in total. The molecule has 0 amide bonds. The Balaban J connectivity index is 2.42. The van der Waals surface area contributed by atoms with Gasteiger partial charge in [-0.25, -0.2) is 4.98 Å². The van der Waals surface area contributed by atoms with Crippen LogP contribution in [-0.4, -0.2) is 33.2 Å². The molecule has 1 heterocycles. The predicted molar refractivity (Wildman–Crippen MR) is 90.2 cm³/mol. The van der Waals surface area contributed by atoms with Crippen molar-refractivity contribution in [1.29, 1.82) is 0 Å². The molecule has 0 spiro atoms. The molecule has 0 aliphatic carbocycles. The fraction of sp³-hybridized carbons (Fsp3) is 0.250. The van der Waals surface area contributed by atoms with Crippen molar-refractivity contribution in [3.05, 3.63) is 36.4 Å². The van der Waals surface area contributed by atoms with Crippen molar-refractivity contribution >= 4 is 43.1 Å². The fourth-order valence-corrected chi connectivity index (χ4v) is 3.39. The van der Waals surface area contributed by atoms with Crippen LogP contribution in [0, 0.1) is 0 Å². The highest BCUT2D eigenvalue weighted by Crippen LogP contribution is 2.37. The van der Waals surface area contributed by atoms with Crippen LogP contribution in [0.15, 0.2) is 36.4 Å². The Bertz CT molecular complexity index is 781. The van der Waals surface area contributed by atoms with Gasteiger partial charge < -0.3 is 9.80 Å². The van der Waals surface area contributed by atoms with E-state index in [0.29, 0.717) is 0 Å². The number of para-hydroxylation sites is 1. The average molecular weight is 284 g/mol. The van der Waals surface area contributed by atoms with Crippen LogP contribution in [0.4, 0.5) is 11.4 Å². The summed E-state index contributed by atoms with van der Waals surface area (Å²) in [7, 11) is 8.28. The van der Waals surface area contributed by atoms with Crippen LogP contribution in [-0.2, 0) is 0 Å². The number of hydrogen-bond donors (Lipinski definition) is 0. The summed E-state index contributed by atoms with van der Waals surface area (Å²) in [4.78, 5) is 9.16. The third-order valence-corrected chi connectivity index (χ3v) is 4.45. The number of benzene rings is 2. The van der Waals surface area contributed by atoms with Crippen molar-refractivity contribution in [3.63, 3.8) is 0 Å². The SMILES string of the molecule is CN(C)c1ccc2[s+]c3ccccc3nc2c1N(C)C. The standard InChI is InChI=1S/C16H18N3S/c1-18(2)12-9-10-14-15(16(12)19(3)4)17-11-7-5-6-8-13(11)20-14/h5-10H,1-4H3/q+1. The van der Waals surface area contributed by atoms with Crippen LogP contribution in [0.25, 0.3) is 20.4 Å². The molecule has 3 aromatic rings. The molecule has 0 saturated heterocycles. The van der Waals surface area contributed by atoms with Gasteiger partial charge in [0.1, 0.15) is 5.52 Å². The molecule has 0 bridgehead atoms. The van der Waals surface area contributed by atoms with Crippen molar-refractivity contribution in [2.24, 2.45) is 0 Å². The Kier molecular flexibility index (Phi) is 3.18. The van der Waals surface area contributed by atoms with Gasteiger partial charge in [-0.2, -0.15) is 0 Å². The second-order valence-corrected chi connectivity index (χ2v) is 6.33. The van der Waals surface area contributed by atoms with E-state index in [2.05, 4.69) is 68.3 Å². The topological polar surface area (TPSA) is 19.4 Å². The summed E-state index contributed by atoms with van der Waals surface area (Å²) in [6, 6.07) is 12.6. The number of anilines is 2. The Morgan fingerprint density at radius 2 is 1.60 bits per heavy atom. The van der Waals surface area contributed by atoms with Gasteiger partial charge in [-0.05, 0) is 12.1 Å². The minimum absolute atomic E-state index is 1.06. The lowest BCUT2D eigenvalue weighted by Gasteiger charge is -2.22. The van der Waals surface area contributed by atoms with Crippen LogP contribution >= 0.6 is 11.3 Å². The number of rotatable bonds is 2. The fourth-order valence-electron chi connectivity index (χ4n) is 2.42. The van der Waals surface area contributed by atoms with Crippen LogP contribution in [0.5, 0.6) is 0 Å². The highest BCUT2D eigenvalue weighted by atomic mass is 32.1. The van der Waals surface area contributed by atoms with Crippen molar-refractivity contribution < 1.29 is 0 Å². The van der Waals surface area contributed by atoms with E-state index in [1.54, 1.807) is 11.3 Å². The second kappa shape index (κ2) is 4.87. The summed E-state index contributed by atoms with van der Waals surface area (Å²) in [5, 5.41) is 0. The molecular formula is C16H18N3S+. The van der Waals surface area contributed by atoms with E-state index in [1.807, 2.05) is 6.07 Å². The van der Waals surface area contributed by atoms with Crippen molar-refractivity contribution in [3.8, 4) is 0 Å². The van der Waals surface area contributed by atoms with Crippen molar-refractivity contribution in [2.75, 3.05) is 38.0 Å². The van der Waals surface area contributed by atoms with E-state index >= 15 is 0 Å². The molecule has 3 rings (SSSR count). The number of aromatic nitrogens is 1. The molecule has 0 fully saturated rings. The van der Waals surface area contributed by atoms with Crippen LogP contribution in [0.2, 0.25) is 0 Å².